The molecule has 12 aromatic rings. The lowest BCUT2D eigenvalue weighted by Gasteiger charge is -2.51. The van der Waals surface area contributed by atoms with Crippen molar-refractivity contribution in [2.24, 2.45) is 17.8 Å². The van der Waals surface area contributed by atoms with Gasteiger partial charge in [0.05, 0.1) is 65.6 Å². The van der Waals surface area contributed by atoms with Crippen molar-refractivity contribution in [1.82, 2.24) is 25.8 Å². The van der Waals surface area contributed by atoms with Crippen LogP contribution in [0.4, 0.5) is 0 Å². The minimum atomic E-state index is -4.14. The standard InChI is InChI=1S/C35H35ClN2O5S2.2C34H33ClN2O5S2/c1-23-4-10-26(11-5-23)32-20-34-31(22-37(32)44(40,41)29-16-6-24(2)7-17-29)35(39)21-33(27-12-14-28(36)15-13-27)38(34)45(42,43)30-18-8-25(3)9-19-30;1-23-12-18-28(19-13-23)43(39,40)36-22-29-32(20-30(36)25-9-4-3-5-10-25)37(44(41,42)34-11-7-6-8-24(34)2)31(21-33(29)38)26-14-16-27(35)17-15-26;1-23-8-12-26(13-9-23)32-21-34(38)30-22-36(43(39,40)28-16-10-24(2)11-17-28)31(25-6-4-3-5-7-25)20-33(30)37(32)44(41,42)29-18-14-27(35)15-19-29/h4-19,31-34H,20-22H2,1-3H3;3-19,29-32H,20-22H2,1-2H3;3-19,30-33H,20-22H2,1-2H3/t31-,32+,33+,34+;29-,30+,31+,32+;30-,31+,32+,33+/m111/s1. The molecule has 6 fully saturated rings. The molecule has 0 radical (unpaired) electrons. The molecule has 0 saturated carbocycles. The van der Waals surface area contributed by atoms with Gasteiger partial charge in [0.2, 0.25) is 60.1 Å². The van der Waals surface area contributed by atoms with Crippen molar-refractivity contribution in [3.8, 4) is 0 Å². The molecule has 6 aliphatic rings. The maximum atomic E-state index is 14.7. The molecular formula is C103H101Cl3N6O15S6. The molecular weight excluding hydrogens is 1860 g/mol. The van der Waals surface area contributed by atoms with Crippen LogP contribution in [0.2, 0.25) is 15.1 Å². The minimum absolute atomic E-state index is 0.0640. The predicted octanol–water partition coefficient (Wildman–Crippen LogP) is 19.8. The number of rotatable bonds is 18. The van der Waals surface area contributed by atoms with Gasteiger partial charge in [-0.05, 0) is 210 Å². The first-order valence-corrected chi connectivity index (χ1v) is 53.6. The summed E-state index contributed by atoms with van der Waals surface area (Å²) in [7, 11) is -24.5. The molecule has 690 valence electrons. The van der Waals surface area contributed by atoms with E-state index in [1.165, 1.54) is 50.1 Å². The fourth-order valence-electron chi connectivity index (χ4n) is 19.5. The van der Waals surface area contributed by atoms with E-state index < -0.39 is 132 Å². The van der Waals surface area contributed by atoms with Crippen LogP contribution in [0, 0.1) is 66.2 Å². The number of hydrogen-bond donors (Lipinski definition) is 0. The number of carbonyl (C=O) groups is 3. The molecule has 6 saturated heterocycles. The third-order valence-electron chi connectivity index (χ3n) is 26.6. The van der Waals surface area contributed by atoms with Gasteiger partial charge in [-0.1, -0.05) is 268 Å². The van der Waals surface area contributed by atoms with Gasteiger partial charge in [0.1, 0.15) is 17.3 Å². The highest BCUT2D eigenvalue weighted by molar-refractivity contribution is 7.90. The number of nitrogens with zero attached hydrogens (tertiary/aromatic N) is 6. The molecule has 18 rings (SSSR count). The Morgan fingerprint density at radius 2 is 0.444 bits per heavy atom. The van der Waals surface area contributed by atoms with Crippen LogP contribution in [-0.4, -0.2) is 131 Å². The molecule has 0 bridgehead atoms. The van der Waals surface area contributed by atoms with Gasteiger partial charge in [-0.2, -0.15) is 25.8 Å². The smallest absolute Gasteiger partial charge is 0.244 e. The summed E-state index contributed by atoms with van der Waals surface area (Å²) in [5.41, 5.74) is 10.5. The molecule has 30 heteroatoms. The summed E-state index contributed by atoms with van der Waals surface area (Å²) in [6.07, 6.45) is 0.108. The number of benzene rings is 12. The van der Waals surface area contributed by atoms with Gasteiger partial charge in [0, 0.05) is 89.8 Å². The van der Waals surface area contributed by atoms with E-state index in [1.807, 2.05) is 151 Å². The molecule has 12 atom stereocenters. The Kier molecular flexibility index (Phi) is 28.2. The van der Waals surface area contributed by atoms with Gasteiger partial charge in [0.15, 0.2) is 0 Å². The van der Waals surface area contributed by atoms with E-state index >= 15 is 0 Å². The maximum absolute atomic E-state index is 14.7. The second-order valence-corrected chi connectivity index (χ2v) is 47.8. The van der Waals surface area contributed by atoms with Crippen LogP contribution in [0.1, 0.15) is 147 Å². The van der Waals surface area contributed by atoms with Crippen molar-refractivity contribution >= 4 is 112 Å². The molecule has 6 aliphatic heterocycles. The molecule has 0 amide bonds. The van der Waals surface area contributed by atoms with E-state index in [0.717, 1.165) is 50.1 Å². The highest BCUT2D eigenvalue weighted by atomic mass is 35.5. The highest BCUT2D eigenvalue weighted by Crippen LogP contribution is 2.53. The van der Waals surface area contributed by atoms with Crippen molar-refractivity contribution in [1.29, 1.82) is 0 Å². The molecule has 6 heterocycles. The lowest BCUT2D eigenvalue weighted by molar-refractivity contribution is -0.133. The number of fused-ring (bicyclic) bond motifs is 3. The van der Waals surface area contributed by atoms with Gasteiger partial charge < -0.3 is 0 Å². The number of hydrogen-bond acceptors (Lipinski definition) is 15. The number of Topliss-reactive ketones (excluding diaryl/α,β-unsaturated/α-hetero) is 3. The number of aryl methyl sites for hydroxylation is 7. The first kappa shape index (κ1) is 96.1. The predicted molar refractivity (Wildman–Crippen MR) is 515 cm³/mol. The summed E-state index contributed by atoms with van der Waals surface area (Å²) in [6, 6.07) is 80.1. The van der Waals surface area contributed by atoms with E-state index in [9.17, 15) is 64.9 Å². The Labute approximate surface area is 795 Å². The molecule has 133 heavy (non-hydrogen) atoms. The minimum Gasteiger partial charge on any atom is -0.299 e. The number of piperidine rings is 6. The van der Waals surface area contributed by atoms with Crippen molar-refractivity contribution < 1.29 is 64.9 Å². The average molecular weight is 1960 g/mol. The summed E-state index contributed by atoms with van der Waals surface area (Å²) in [4.78, 5) is 42.7. The fraction of sp³-hybridized carbons (Fsp3) is 0.272. The SMILES string of the molecule is Cc1ccc(S(=O)(=O)N2C[C@H]3C(=O)C[C@@H](c4ccc(Cl)cc4)N(S(=O)(=O)c4ccccc4C)[C@H]3C[C@H]2c2ccccc2)cc1.Cc1ccc([C@@H]2CC(=O)[C@@H]3CN(S(=O)(=O)c4ccc(C)cc4)[C@H](c4ccccc4)C[C@@H]3N2S(=O)(=O)c2ccc(Cl)cc2)cc1.Cc1ccc([C@@H]2C[C@H]3[C@@H](CN2S(=O)(=O)c2ccc(C)cc2)C(=O)C[C@@H](c2ccc(Cl)cc2)N3S(=O)(=O)c2ccc(C)cc2)cc1. The molecule has 21 nitrogen and oxygen atoms in total. The van der Waals surface area contributed by atoms with E-state index in [2.05, 4.69) is 0 Å². The average Bonchev–Trinajstić information content (AvgIpc) is 0.729. The van der Waals surface area contributed by atoms with Crippen LogP contribution in [0.15, 0.2) is 333 Å². The second kappa shape index (κ2) is 39.0. The summed E-state index contributed by atoms with van der Waals surface area (Å²) >= 11 is 18.5. The molecule has 0 N–H and O–H groups in total. The fourth-order valence-corrected chi connectivity index (χ4v) is 30.6. The quantitative estimate of drug-likeness (QED) is 0.0772. The molecule has 0 unspecified atom stereocenters. The molecule has 0 aromatic heterocycles. The van der Waals surface area contributed by atoms with Crippen LogP contribution in [0.25, 0.3) is 0 Å². The van der Waals surface area contributed by atoms with Crippen LogP contribution in [0.5, 0.6) is 0 Å². The third-order valence-corrected chi connectivity index (χ3v) is 39.0. The lowest BCUT2D eigenvalue weighted by atomic mass is 9.77. The number of ketones is 3. The lowest BCUT2D eigenvalue weighted by Crippen LogP contribution is -2.61. The van der Waals surface area contributed by atoms with Gasteiger partial charge >= 0.3 is 0 Å². The molecule has 12 aromatic carbocycles. The Morgan fingerprint density at radius 1 is 0.233 bits per heavy atom. The third kappa shape index (κ3) is 19.6. The van der Waals surface area contributed by atoms with Crippen LogP contribution in [-0.2, 0) is 74.5 Å². The Hall–Kier alpha value is -10.0. The topological polar surface area (TPSA) is 275 Å². The van der Waals surface area contributed by atoms with Gasteiger partial charge in [0.25, 0.3) is 0 Å². The van der Waals surface area contributed by atoms with E-state index in [1.54, 1.807) is 177 Å². The number of halogens is 3. The maximum Gasteiger partial charge on any atom is 0.244 e. The van der Waals surface area contributed by atoms with Crippen LogP contribution < -0.4 is 0 Å². The summed E-state index contributed by atoms with van der Waals surface area (Å²) in [5.74, 6) is -3.03. The van der Waals surface area contributed by atoms with Crippen molar-refractivity contribution in [2.75, 3.05) is 19.6 Å². The highest BCUT2D eigenvalue weighted by Gasteiger charge is 2.59. The largest absolute Gasteiger partial charge is 0.299 e. The van der Waals surface area contributed by atoms with Crippen molar-refractivity contribution in [2.45, 2.75) is 171 Å². The van der Waals surface area contributed by atoms with E-state index in [4.69, 9.17) is 34.8 Å². The Morgan fingerprint density at radius 3 is 0.722 bits per heavy atom. The van der Waals surface area contributed by atoms with Crippen molar-refractivity contribution in [3.63, 3.8) is 0 Å². The van der Waals surface area contributed by atoms with Crippen molar-refractivity contribution in [3.05, 3.63) is 391 Å². The zero-order valence-electron chi connectivity index (χ0n) is 74.1. The summed E-state index contributed by atoms with van der Waals surface area (Å²) < 4.78 is 181. The molecule has 0 aliphatic carbocycles. The summed E-state index contributed by atoms with van der Waals surface area (Å²) in [5, 5.41) is 1.41. The van der Waals surface area contributed by atoms with Gasteiger partial charge in [-0.15, -0.1) is 0 Å². The zero-order valence-corrected chi connectivity index (χ0v) is 81.2. The Bertz CT molecular complexity index is 7060. The first-order chi connectivity index (χ1) is 63.3. The first-order valence-electron chi connectivity index (χ1n) is 43.9. The van der Waals surface area contributed by atoms with Crippen LogP contribution >= 0.6 is 34.8 Å². The Balaban J connectivity index is 0.000000145. The van der Waals surface area contributed by atoms with Gasteiger partial charge in [-0.3, -0.25) is 14.4 Å². The zero-order chi connectivity index (χ0) is 94.5. The number of sulfonamides is 6. The monoisotopic (exact) mass is 1960 g/mol. The van der Waals surface area contributed by atoms with E-state index in [0.29, 0.717) is 37.3 Å². The van der Waals surface area contributed by atoms with Gasteiger partial charge in [-0.25, -0.2) is 50.5 Å². The second-order valence-electron chi connectivity index (χ2n) is 35.3. The van der Waals surface area contributed by atoms with Crippen LogP contribution in [0.3, 0.4) is 0 Å². The summed E-state index contributed by atoms with van der Waals surface area (Å²) in [6.45, 7) is 12.8. The molecule has 0 spiro atoms. The number of carbonyl (C=O) groups excluding carboxylic acids is 3. The normalized spacial score (nSPS) is 23.2. The van der Waals surface area contributed by atoms with E-state index in [-0.39, 0.29) is 105 Å².